The van der Waals surface area contributed by atoms with E-state index in [9.17, 15) is 0 Å². The first-order valence-electron chi connectivity index (χ1n) is 8.38. The summed E-state index contributed by atoms with van der Waals surface area (Å²) in [5, 5.41) is 3.47. The van der Waals surface area contributed by atoms with Crippen LogP contribution in [0.15, 0.2) is 4.99 Å². The quantitative estimate of drug-likeness (QED) is 0.266. The Balaban J connectivity index is 0.00000441. The van der Waals surface area contributed by atoms with Gasteiger partial charge in [0.25, 0.3) is 0 Å². The highest BCUT2D eigenvalue weighted by atomic mass is 127. The van der Waals surface area contributed by atoms with Crippen LogP contribution in [-0.2, 0) is 9.47 Å². The van der Waals surface area contributed by atoms with Crippen LogP contribution in [0.4, 0.5) is 0 Å². The number of hydrogen-bond acceptors (Lipinski definition) is 3. The summed E-state index contributed by atoms with van der Waals surface area (Å²) in [6.45, 7) is 6.90. The number of aliphatic imine (C=N–C) groups is 1. The van der Waals surface area contributed by atoms with E-state index >= 15 is 0 Å². The molecule has 0 bridgehead atoms. The summed E-state index contributed by atoms with van der Waals surface area (Å²) >= 11 is 0. The van der Waals surface area contributed by atoms with Crippen LogP contribution in [0, 0.1) is 0 Å². The normalized spacial score (nSPS) is 16.5. The van der Waals surface area contributed by atoms with E-state index in [2.05, 4.69) is 22.1 Å². The van der Waals surface area contributed by atoms with Crippen LogP contribution in [0.5, 0.6) is 0 Å². The third-order valence-corrected chi connectivity index (χ3v) is 3.86. The monoisotopic (exact) mass is 427 g/mol. The summed E-state index contributed by atoms with van der Waals surface area (Å²) in [5.74, 6) is 1.05. The van der Waals surface area contributed by atoms with Gasteiger partial charge in [-0.05, 0) is 25.7 Å². The Bertz CT molecular complexity index is 283. The number of halogens is 1. The highest BCUT2D eigenvalue weighted by molar-refractivity contribution is 14.0. The molecule has 1 aliphatic heterocycles. The van der Waals surface area contributed by atoms with Crippen molar-refractivity contribution >= 4 is 29.9 Å². The number of guanidine groups is 1. The molecule has 0 radical (unpaired) electrons. The Morgan fingerprint density at radius 1 is 1.18 bits per heavy atom. The largest absolute Gasteiger partial charge is 0.385 e. The highest BCUT2D eigenvalue weighted by Crippen LogP contribution is 2.14. The lowest BCUT2D eigenvalue weighted by Crippen LogP contribution is -2.47. The number of rotatable bonds is 9. The Morgan fingerprint density at radius 3 is 2.50 bits per heavy atom. The Morgan fingerprint density at radius 2 is 1.91 bits per heavy atom. The van der Waals surface area contributed by atoms with Crippen LogP contribution < -0.4 is 5.32 Å². The molecule has 0 aromatic carbocycles. The molecule has 5 nitrogen and oxygen atoms in total. The van der Waals surface area contributed by atoms with E-state index in [4.69, 9.17) is 9.47 Å². The van der Waals surface area contributed by atoms with Crippen molar-refractivity contribution in [3.8, 4) is 0 Å². The molecule has 1 N–H and O–H groups in total. The van der Waals surface area contributed by atoms with Crippen molar-refractivity contribution in [3.63, 3.8) is 0 Å². The van der Waals surface area contributed by atoms with Crippen molar-refractivity contribution < 1.29 is 9.47 Å². The fourth-order valence-corrected chi connectivity index (χ4v) is 2.60. The van der Waals surface area contributed by atoms with Gasteiger partial charge in [-0.1, -0.05) is 19.8 Å². The maximum Gasteiger partial charge on any atom is 0.193 e. The second kappa shape index (κ2) is 14.5. The lowest BCUT2D eigenvalue weighted by atomic mass is 10.1. The van der Waals surface area contributed by atoms with Gasteiger partial charge in [0.2, 0.25) is 0 Å². The fraction of sp³-hybridized carbons (Fsp3) is 0.938. The number of nitrogens with zero attached hydrogens (tertiary/aromatic N) is 2. The second-order valence-electron chi connectivity index (χ2n) is 5.58. The average Bonchev–Trinajstić information content (AvgIpc) is 2.53. The minimum Gasteiger partial charge on any atom is -0.385 e. The maximum absolute atomic E-state index is 5.89. The van der Waals surface area contributed by atoms with Crippen molar-refractivity contribution in [1.29, 1.82) is 0 Å². The minimum atomic E-state index is 0. The zero-order chi connectivity index (χ0) is 15.3. The SMILES string of the molecule is CCCCCNC(=NC)N1CCC(OCCCOC)CC1.I. The van der Waals surface area contributed by atoms with Crippen molar-refractivity contribution in [2.24, 2.45) is 4.99 Å². The molecule has 1 saturated heterocycles. The lowest BCUT2D eigenvalue weighted by Gasteiger charge is -2.34. The molecule has 0 atom stereocenters. The zero-order valence-electron chi connectivity index (χ0n) is 14.5. The summed E-state index contributed by atoms with van der Waals surface area (Å²) in [4.78, 5) is 6.74. The van der Waals surface area contributed by atoms with E-state index in [1.807, 2.05) is 7.05 Å². The molecule has 1 rings (SSSR count). The third-order valence-electron chi connectivity index (χ3n) is 3.86. The number of methoxy groups -OCH3 is 1. The molecule has 0 unspecified atom stereocenters. The standard InChI is InChI=1S/C16H33N3O2.HI/c1-4-5-6-10-18-16(17-2)19-11-8-15(9-12-19)21-14-7-13-20-3;/h15H,4-14H2,1-3H3,(H,17,18);1H. The predicted octanol–water partition coefficient (Wildman–Crippen LogP) is 2.89. The number of nitrogens with one attached hydrogen (secondary N) is 1. The van der Waals surface area contributed by atoms with Gasteiger partial charge in [0.15, 0.2) is 5.96 Å². The zero-order valence-corrected chi connectivity index (χ0v) is 16.8. The topological polar surface area (TPSA) is 46.1 Å². The number of ether oxygens (including phenoxy) is 2. The van der Waals surface area contributed by atoms with Crippen molar-refractivity contribution in [3.05, 3.63) is 0 Å². The first-order valence-corrected chi connectivity index (χ1v) is 8.38. The van der Waals surface area contributed by atoms with Crippen LogP contribution in [0.25, 0.3) is 0 Å². The molecule has 0 amide bonds. The first-order chi connectivity index (χ1) is 10.3. The van der Waals surface area contributed by atoms with Crippen LogP contribution in [0.3, 0.4) is 0 Å². The van der Waals surface area contributed by atoms with Gasteiger partial charge in [-0.25, -0.2) is 0 Å². The number of piperidine rings is 1. The van der Waals surface area contributed by atoms with E-state index in [0.717, 1.165) is 58.1 Å². The van der Waals surface area contributed by atoms with Crippen LogP contribution in [-0.4, -0.2) is 64.0 Å². The molecule has 0 saturated carbocycles. The van der Waals surface area contributed by atoms with Gasteiger partial charge in [0.05, 0.1) is 6.10 Å². The molecular formula is C16H34IN3O2. The molecular weight excluding hydrogens is 393 g/mol. The predicted molar refractivity (Wildman–Crippen MR) is 103 cm³/mol. The third kappa shape index (κ3) is 9.15. The summed E-state index contributed by atoms with van der Waals surface area (Å²) in [5.41, 5.74) is 0. The van der Waals surface area contributed by atoms with Gasteiger partial charge in [0, 0.05) is 47.0 Å². The Kier molecular flexibility index (Phi) is 14.5. The van der Waals surface area contributed by atoms with E-state index in [0.29, 0.717) is 6.10 Å². The molecule has 6 heteroatoms. The Labute approximate surface area is 153 Å². The van der Waals surface area contributed by atoms with Gasteiger partial charge in [0.1, 0.15) is 0 Å². The van der Waals surface area contributed by atoms with E-state index in [-0.39, 0.29) is 24.0 Å². The lowest BCUT2D eigenvalue weighted by molar-refractivity contribution is 0.00991. The molecule has 1 heterocycles. The molecule has 0 aliphatic carbocycles. The molecule has 132 valence electrons. The average molecular weight is 427 g/mol. The molecule has 1 aliphatic rings. The van der Waals surface area contributed by atoms with E-state index in [1.54, 1.807) is 7.11 Å². The molecule has 1 fully saturated rings. The van der Waals surface area contributed by atoms with Gasteiger partial charge in [-0.3, -0.25) is 4.99 Å². The summed E-state index contributed by atoms with van der Waals surface area (Å²) in [6, 6.07) is 0. The summed E-state index contributed by atoms with van der Waals surface area (Å²) < 4.78 is 10.9. The van der Waals surface area contributed by atoms with Crippen molar-refractivity contribution in [1.82, 2.24) is 10.2 Å². The van der Waals surface area contributed by atoms with Crippen molar-refractivity contribution in [2.75, 3.05) is 47.0 Å². The molecule has 0 aromatic rings. The van der Waals surface area contributed by atoms with Crippen LogP contribution in [0.2, 0.25) is 0 Å². The molecule has 0 aromatic heterocycles. The van der Waals surface area contributed by atoms with Crippen LogP contribution >= 0.6 is 24.0 Å². The number of unbranched alkanes of at least 4 members (excludes halogenated alkanes) is 2. The fourth-order valence-electron chi connectivity index (χ4n) is 2.60. The maximum atomic E-state index is 5.89. The van der Waals surface area contributed by atoms with Crippen molar-refractivity contribution in [2.45, 2.75) is 51.6 Å². The number of likely N-dealkylation sites (tertiary alicyclic amines) is 1. The highest BCUT2D eigenvalue weighted by Gasteiger charge is 2.21. The van der Waals surface area contributed by atoms with Gasteiger partial charge >= 0.3 is 0 Å². The first kappa shape index (κ1) is 21.9. The van der Waals surface area contributed by atoms with Gasteiger partial charge < -0.3 is 19.7 Å². The second-order valence-corrected chi connectivity index (χ2v) is 5.58. The van der Waals surface area contributed by atoms with Gasteiger partial charge in [-0.2, -0.15) is 0 Å². The Hall–Kier alpha value is -0.0800. The summed E-state index contributed by atoms with van der Waals surface area (Å²) in [7, 11) is 3.60. The van der Waals surface area contributed by atoms with Crippen LogP contribution in [0.1, 0.15) is 45.4 Å². The minimum absolute atomic E-state index is 0. The van der Waals surface area contributed by atoms with E-state index < -0.39 is 0 Å². The molecule has 0 spiro atoms. The number of hydrogen-bond donors (Lipinski definition) is 1. The molecule has 22 heavy (non-hydrogen) atoms. The van der Waals surface area contributed by atoms with Gasteiger partial charge in [-0.15, -0.1) is 24.0 Å². The smallest absolute Gasteiger partial charge is 0.193 e. The van der Waals surface area contributed by atoms with E-state index in [1.165, 1.54) is 19.3 Å². The summed E-state index contributed by atoms with van der Waals surface area (Å²) in [6.07, 6.45) is 7.31.